The Kier molecular flexibility index (Phi) is 4.25. The molecule has 3 N–H and O–H groups in total. The van der Waals surface area contributed by atoms with Gasteiger partial charge < -0.3 is 10.6 Å². The summed E-state index contributed by atoms with van der Waals surface area (Å²) in [6.45, 7) is 0. The largest absolute Gasteiger partial charge is 0.340 e. The van der Waals surface area contributed by atoms with Gasteiger partial charge in [-0.25, -0.2) is 4.98 Å². The van der Waals surface area contributed by atoms with E-state index in [2.05, 4.69) is 25.8 Å². The van der Waals surface area contributed by atoms with E-state index in [1.807, 2.05) is 18.2 Å². The number of nitrogens with zero attached hydrogens (tertiary/aromatic N) is 2. The van der Waals surface area contributed by atoms with Crippen molar-refractivity contribution >= 4 is 45.6 Å². The molecule has 0 fully saturated rings. The summed E-state index contributed by atoms with van der Waals surface area (Å²) in [6, 6.07) is 16.1. The molecule has 0 saturated heterocycles. The van der Waals surface area contributed by atoms with Crippen LogP contribution in [0.25, 0.3) is 10.9 Å². The Bertz CT molecular complexity index is 1070. The van der Waals surface area contributed by atoms with Gasteiger partial charge in [0.2, 0.25) is 0 Å². The summed E-state index contributed by atoms with van der Waals surface area (Å²) in [5.74, 6) is 0.217. The van der Waals surface area contributed by atoms with Crippen LogP contribution in [0.3, 0.4) is 0 Å². The Morgan fingerprint density at radius 1 is 1.04 bits per heavy atom. The quantitative estimate of drug-likeness (QED) is 0.494. The number of nitrogens with one attached hydrogen (secondary N) is 3. The zero-order valence-corrected chi connectivity index (χ0v) is 14.3. The smallest absolute Gasteiger partial charge is 0.259 e. The molecule has 0 saturated carbocycles. The monoisotopic (exact) mass is 363 g/mol. The summed E-state index contributed by atoms with van der Waals surface area (Å²) in [5, 5.41) is 14.5. The van der Waals surface area contributed by atoms with Gasteiger partial charge in [-0.15, -0.1) is 0 Å². The molecule has 0 spiro atoms. The van der Waals surface area contributed by atoms with Crippen LogP contribution in [0.15, 0.2) is 67.0 Å². The number of H-pyrrole nitrogens is 1. The van der Waals surface area contributed by atoms with Crippen molar-refractivity contribution in [1.82, 2.24) is 15.2 Å². The number of fused-ring (bicyclic) bond motifs is 1. The molecule has 2 aromatic carbocycles. The van der Waals surface area contributed by atoms with E-state index in [1.165, 1.54) is 0 Å². The number of carbonyl (C=O) groups is 1. The fourth-order valence-electron chi connectivity index (χ4n) is 2.58. The summed E-state index contributed by atoms with van der Waals surface area (Å²) in [6.07, 6.45) is 3.38. The average molecular weight is 364 g/mol. The molecule has 4 aromatic rings. The van der Waals surface area contributed by atoms with Gasteiger partial charge in [0, 0.05) is 28.0 Å². The lowest BCUT2D eigenvalue weighted by atomic mass is 10.2. The summed E-state index contributed by atoms with van der Waals surface area (Å²) >= 11 is 5.87. The minimum absolute atomic E-state index is 0.257. The number of pyridine rings is 1. The lowest BCUT2D eigenvalue weighted by Crippen LogP contribution is -2.14. The second-order valence-electron chi connectivity index (χ2n) is 5.66. The highest BCUT2D eigenvalue weighted by Gasteiger charge is 2.13. The molecule has 0 aliphatic heterocycles. The Labute approximate surface area is 154 Å². The van der Waals surface area contributed by atoms with Gasteiger partial charge in [0.05, 0.1) is 17.3 Å². The maximum Gasteiger partial charge on any atom is 0.259 e. The molecule has 2 aromatic heterocycles. The first-order valence-corrected chi connectivity index (χ1v) is 8.29. The van der Waals surface area contributed by atoms with Crippen LogP contribution in [0.1, 0.15) is 10.4 Å². The molecule has 0 unspecified atom stereocenters. The molecule has 6 nitrogen and oxygen atoms in total. The maximum absolute atomic E-state index is 12.6. The highest BCUT2D eigenvalue weighted by atomic mass is 35.5. The van der Waals surface area contributed by atoms with E-state index in [1.54, 1.807) is 48.8 Å². The number of rotatable bonds is 4. The van der Waals surface area contributed by atoms with E-state index in [9.17, 15) is 4.79 Å². The second-order valence-corrected chi connectivity index (χ2v) is 6.09. The molecular formula is C19H14ClN5O. The number of aromatic nitrogens is 3. The molecule has 0 aliphatic rings. The molecule has 0 radical (unpaired) electrons. The Balaban J connectivity index is 1.59. The summed E-state index contributed by atoms with van der Waals surface area (Å²) < 4.78 is 0. The first-order chi connectivity index (χ1) is 12.7. The van der Waals surface area contributed by atoms with E-state index in [-0.39, 0.29) is 5.91 Å². The number of halogens is 1. The number of amides is 1. The van der Waals surface area contributed by atoms with E-state index in [0.29, 0.717) is 22.1 Å². The van der Waals surface area contributed by atoms with Crippen molar-refractivity contribution in [1.29, 1.82) is 0 Å². The lowest BCUT2D eigenvalue weighted by molar-refractivity contribution is 0.102. The lowest BCUT2D eigenvalue weighted by Gasteiger charge is -2.11. The van der Waals surface area contributed by atoms with Gasteiger partial charge in [0.1, 0.15) is 5.82 Å². The second kappa shape index (κ2) is 6.85. The van der Waals surface area contributed by atoms with Crippen LogP contribution in [0.4, 0.5) is 17.2 Å². The van der Waals surface area contributed by atoms with E-state index < -0.39 is 0 Å². The molecule has 0 bridgehead atoms. The topological polar surface area (TPSA) is 82.7 Å². The van der Waals surface area contributed by atoms with Gasteiger partial charge in [-0.2, -0.15) is 5.10 Å². The van der Waals surface area contributed by atoms with Crippen LogP contribution in [0, 0.1) is 0 Å². The molecule has 7 heteroatoms. The van der Waals surface area contributed by atoms with E-state index >= 15 is 0 Å². The molecule has 1 amide bonds. The van der Waals surface area contributed by atoms with Gasteiger partial charge in [-0.05, 0) is 54.6 Å². The van der Waals surface area contributed by atoms with Gasteiger partial charge in [-0.3, -0.25) is 9.89 Å². The fraction of sp³-hybridized carbons (Fsp3) is 0. The Morgan fingerprint density at radius 3 is 2.69 bits per heavy atom. The van der Waals surface area contributed by atoms with Crippen molar-refractivity contribution in [2.45, 2.75) is 0 Å². The third-order valence-electron chi connectivity index (χ3n) is 3.86. The molecule has 26 heavy (non-hydrogen) atoms. The van der Waals surface area contributed by atoms with Crippen molar-refractivity contribution in [2.24, 2.45) is 0 Å². The first-order valence-electron chi connectivity index (χ1n) is 7.91. The average Bonchev–Trinajstić information content (AvgIpc) is 3.12. The van der Waals surface area contributed by atoms with E-state index in [0.717, 1.165) is 16.6 Å². The Morgan fingerprint density at radius 2 is 1.85 bits per heavy atom. The minimum Gasteiger partial charge on any atom is -0.340 e. The van der Waals surface area contributed by atoms with E-state index in [4.69, 9.17) is 11.6 Å². The van der Waals surface area contributed by atoms with Gasteiger partial charge in [0.15, 0.2) is 0 Å². The standard InChI is InChI=1S/C19H14ClN5O/c20-13-3-5-14(6-4-13)24-19(26)16-2-1-9-21-18(16)23-15-7-8-17-12(10-15)11-22-25-17/h1-11H,(H,21,23)(H,22,25)(H,24,26). The predicted octanol–water partition coefficient (Wildman–Crippen LogP) is 4.61. The summed E-state index contributed by atoms with van der Waals surface area (Å²) in [4.78, 5) is 16.9. The third-order valence-corrected chi connectivity index (χ3v) is 4.11. The predicted molar refractivity (Wildman–Crippen MR) is 103 cm³/mol. The van der Waals surface area contributed by atoms with Crippen molar-refractivity contribution in [3.05, 3.63) is 77.6 Å². The Hall–Kier alpha value is -3.38. The van der Waals surface area contributed by atoms with Gasteiger partial charge in [0.25, 0.3) is 5.91 Å². The van der Waals surface area contributed by atoms with Crippen LogP contribution in [-0.4, -0.2) is 21.1 Å². The molecule has 0 atom stereocenters. The number of hydrogen-bond acceptors (Lipinski definition) is 4. The SMILES string of the molecule is O=C(Nc1ccc(Cl)cc1)c1cccnc1Nc1ccc2[nH]ncc2c1. The first kappa shape index (κ1) is 16.1. The minimum atomic E-state index is -0.257. The van der Waals surface area contributed by atoms with Gasteiger partial charge >= 0.3 is 0 Å². The van der Waals surface area contributed by atoms with Crippen LogP contribution in [0.2, 0.25) is 5.02 Å². The zero-order valence-electron chi connectivity index (χ0n) is 13.5. The number of anilines is 3. The maximum atomic E-state index is 12.6. The number of carbonyl (C=O) groups excluding carboxylic acids is 1. The fourth-order valence-corrected chi connectivity index (χ4v) is 2.70. The van der Waals surface area contributed by atoms with Gasteiger partial charge in [-0.1, -0.05) is 11.6 Å². The summed E-state index contributed by atoms with van der Waals surface area (Å²) in [5.41, 5.74) is 2.86. The van der Waals surface area contributed by atoms with Crippen molar-refractivity contribution in [3.8, 4) is 0 Å². The highest BCUT2D eigenvalue weighted by molar-refractivity contribution is 6.30. The molecule has 2 heterocycles. The molecule has 128 valence electrons. The van der Waals surface area contributed by atoms with Crippen LogP contribution < -0.4 is 10.6 Å². The van der Waals surface area contributed by atoms with Crippen molar-refractivity contribution in [2.75, 3.05) is 10.6 Å². The highest BCUT2D eigenvalue weighted by Crippen LogP contribution is 2.23. The number of benzene rings is 2. The van der Waals surface area contributed by atoms with Crippen LogP contribution >= 0.6 is 11.6 Å². The molecule has 0 aliphatic carbocycles. The number of hydrogen-bond donors (Lipinski definition) is 3. The molecular weight excluding hydrogens is 350 g/mol. The third kappa shape index (κ3) is 3.36. The zero-order chi connectivity index (χ0) is 17.9. The molecule has 4 rings (SSSR count). The van der Waals surface area contributed by atoms with Crippen molar-refractivity contribution < 1.29 is 4.79 Å². The summed E-state index contributed by atoms with van der Waals surface area (Å²) in [7, 11) is 0. The van der Waals surface area contributed by atoms with Crippen molar-refractivity contribution in [3.63, 3.8) is 0 Å². The van der Waals surface area contributed by atoms with Crippen LogP contribution in [0.5, 0.6) is 0 Å². The number of aromatic amines is 1. The normalized spacial score (nSPS) is 10.7. The van der Waals surface area contributed by atoms with Crippen LogP contribution in [-0.2, 0) is 0 Å².